The van der Waals surface area contributed by atoms with E-state index in [9.17, 15) is 10.1 Å². The van der Waals surface area contributed by atoms with Gasteiger partial charge < -0.3 is 5.32 Å². The number of piperazine rings is 1. The summed E-state index contributed by atoms with van der Waals surface area (Å²) in [6, 6.07) is 5.69. The zero-order valence-electron chi connectivity index (χ0n) is 10.2. The van der Waals surface area contributed by atoms with Gasteiger partial charge in [0.1, 0.15) is 0 Å². The number of rotatable bonds is 3. The molecular weight excluding hydrogens is 298 g/mol. The maximum Gasteiger partial charge on any atom is 0.275 e. The fourth-order valence-corrected chi connectivity index (χ4v) is 2.59. The molecule has 0 aliphatic carbocycles. The molecular formula is C12H16BrN3O2. The van der Waals surface area contributed by atoms with Crippen molar-refractivity contribution in [1.82, 2.24) is 10.2 Å². The number of nitro benzene ring substituents is 1. The first-order chi connectivity index (χ1) is 8.56. The van der Waals surface area contributed by atoms with Gasteiger partial charge in [-0.2, -0.15) is 0 Å². The van der Waals surface area contributed by atoms with Crippen molar-refractivity contribution in [1.29, 1.82) is 0 Å². The van der Waals surface area contributed by atoms with Crippen LogP contribution in [0.2, 0.25) is 0 Å². The maximum absolute atomic E-state index is 11.0. The van der Waals surface area contributed by atoms with E-state index >= 15 is 0 Å². The predicted molar refractivity (Wildman–Crippen MR) is 73.5 cm³/mol. The van der Waals surface area contributed by atoms with Crippen LogP contribution in [0.1, 0.15) is 12.5 Å². The van der Waals surface area contributed by atoms with Gasteiger partial charge in [-0.15, -0.1) is 0 Å². The number of halogens is 1. The lowest BCUT2D eigenvalue weighted by molar-refractivity contribution is -0.385. The maximum atomic E-state index is 11.0. The predicted octanol–water partition coefficient (Wildman–Crippen LogP) is 2.15. The lowest BCUT2D eigenvalue weighted by Gasteiger charge is -2.31. The minimum absolute atomic E-state index is 0.190. The van der Waals surface area contributed by atoms with Crippen LogP contribution in [0.3, 0.4) is 0 Å². The third-order valence-electron chi connectivity index (χ3n) is 3.09. The first-order valence-electron chi connectivity index (χ1n) is 5.95. The number of nitrogens with one attached hydrogen (secondary N) is 1. The van der Waals surface area contributed by atoms with Crippen molar-refractivity contribution in [3.8, 4) is 0 Å². The molecule has 1 heterocycles. The highest BCUT2D eigenvalue weighted by Crippen LogP contribution is 2.25. The third-order valence-corrected chi connectivity index (χ3v) is 3.58. The van der Waals surface area contributed by atoms with E-state index in [0.29, 0.717) is 12.6 Å². The summed E-state index contributed by atoms with van der Waals surface area (Å²) in [4.78, 5) is 13.0. The molecule has 1 aliphatic heterocycles. The number of nitrogens with zero attached hydrogens (tertiary/aromatic N) is 2. The van der Waals surface area contributed by atoms with Gasteiger partial charge in [0, 0.05) is 48.3 Å². The lowest BCUT2D eigenvalue weighted by atomic mass is 10.1. The van der Waals surface area contributed by atoms with Gasteiger partial charge in [0.25, 0.3) is 5.69 Å². The quantitative estimate of drug-likeness (QED) is 0.686. The standard InChI is InChI=1S/C12H16BrN3O2/c1-9-7-15(5-4-14-9)8-10-2-3-11(13)6-12(10)16(17)18/h2-3,6,9,14H,4-5,7-8H2,1H3/t9-/m1/s1. The van der Waals surface area contributed by atoms with Crippen molar-refractivity contribution in [2.24, 2.45) is 0 Å². The van der Waals surface area contributed by atoms with Crippen LogP contribution in [0.4, 0.5) is 5.69 Å². The van der Waals surface area contributed by atoms with E-state index in [4.69, 9.17) is 0 Å². The van der Waals surface area contributed by atoms with Crippen molar-refractivity contribution in [3.63, 3.8) is 0 Å². The zero-order valence-corrected chi connectivity index (χ0v) is 11.8. The van der Waals surface area contributed by atoms with Gasteiger partial charge in [0.2, 0.25) is 0 Å². The molecule has 1 N–H and O–H groups in total. The Labute approximate surface area is 114 Å². The Bertz CT molecular complexity index is 453. The Hall–Kier alpha value is -0.980. The molecule has 0 spiro atoms. The van der Waals surface area contributed by atoms with Crippen LogP contribution in [0, 0.1) is 10.1 Å². The Morgan fingerprint density at radius 1 is 1.61 bits per heavy atom. The van der Waals surface area contributed by atoms with Gasteiger partial charge in [-0.05, 0) is 19.1 Å². The number of nitro groups is 1. The van der Waals surface area contributed by atoms with Crippen molar-refractivity contribution < 1.29 is 4.92 Å². The van der Waals surface area contributed by atoms with Crippen molar-refractivity contribution >= 4 is 21.6 Å². The molecule has 1 aliphatic rings. The van der Waals surface area contributed by atoms with Gasteiger partial charge in [-0.3, -0.25) is 15.0 Å². The van der Waals surface area contributed by atoms with Gasteiger partial charge >= 0.3 is 0 Å². The number of benzene rings is 1. The minimum Gasteiger partial charge on any atom is -0.312 e. The zero-order chi connectivity index (χ0) is 13.1. The number of hydrogen-bond donors (Lipinski definition) is 1. The molecule has 0 aromatic heterocycles. The van der Waals surface area contributed by atoms with Crippen LogP contribution in [0.5, 0.6) is 0 Å². The fourth-order valence-electron chi connectivity index (χ4n) is 2.24. The van der Waals surface area contributed by atoms with E-state index in [1.165, 1.54) is 0 Å². The molecule has 0 radical (unpaired) electrons. The Kier molecular flexibility index (Phi) is 4.31. The van der Waals surface area contributed by atoms with Gasteiger partial charge in [0.15, 0.2) is 0 Å². The third kappa shape index (κ3) is 3.28. The molecule has 0 amide bonds. The van der Waals surface area contributed by atoms with Crippen molar-refractivity contribution in [3.05, 3.63) is 38.3 Å². The SMILES string of the molecule is C[C@@H]1CN(Cc2ccc(Br)cc2[N+](=O)[O-])CCN1. The highest BCUT2D eigenvalue weighted by atomic mass is 79.9. The largest absolute Gasteiger partial charge is 0.312 e. The second-order valence-corrected chi connectivity index (χ2v) is 5.54. The Balaban J connectivity index is 2.15. The first kappa shape index (κ1) is 13.5. The molecule has 0 bridgehead atoms. The molecule has 6 heteroatoms. The van der Waals surface area contributed by atoms with Crippen LogP contribution in [0.25, 0.3) is 0 Å². The molecule has 0 saturated carbocycles. The average molecular weight is 314 g/mol. The lowest BCUT2D eigenvalue weighted by Crippen LogP contribution is -2.48. The highest BCUT2D eigenvalue weighted by molar-refractivity contribution is 9.10. The highest BCUT2D eigenvalue weighted by Gasteiger charge is 2.20. The van der Waals surface area contributed by atoms with E-state index in [1.807, 2.05) is 12.1 Å². The molecule has 2 rings (SSSR count). The smallest absolute Gasteiger partial charge is 0.275 e. The van der Waals surface area contributed by atoms with E-state index in [-0.39, 0.29) is 10.6 Å². The van der Waals surface area contributed by atoms with Crippen LogP contribution in [-0.2, 0) is 6.54 Å². The van der Waals surface area contributed by atoms with Crippen LogP contribution < -0.4 is 5.32 Å². The summed E-state index contributed by atoms with van der Waals surface area (Å²) < 4.78 is 0.742. The summed E-state index contributed by atoms with van der Waals surface area (Å²) in [6.07, 6.45) is 0. The summed E-state index contributed by atoms with van der Waals surface area (Å²) in [5.41, 5.74) is 0.966. The van der Waals surface area contributed by atoms with Crippen LogP contribution in [-0.4, -0.2) is 35.5 Å². The molecule has 1 fully saturated rings. The second-order valence-electron chi connectivity index (χ2n) is 4.62. The Morgan fingerprint density at radius 2 is 2.39 bits per heavy atom. The molecule has 1 saturated heterocycles. The summed E-state index contributed by atoms with van der Waals surface area (Å²) in [6.45, 7) is 5.55. The molecule has 1 atom stereocenters. The van der Waals surface area contributed by atoms with Crippen LogP contribution in [0.15, 0.2) is 22.7 Å². The van der Waals surface area contributed by atoms with Gasteiger partial charge in [0.05, 0.1) is 4.92 Å². The molecule has 18 heavy (non-hydrogen) atoms. The average Bonchev–Trinajstić information content (AvgIpc) is 2.31. The normalized spacial score (nSPS) is 20.9. The van der Waals surface area contributed by atoms with E-state index in [2.05, 4.69) is 33.1 Å². The van der Waals surface area contributed by atoms with E-state index < -0.39 is 0 Å². The number of hydrogen-bond acceptors (Lipinski definition) is 4. The van der Waals surface area contributed by atoms with Gasteiger partial charge in [-0.25, -0.2) is 0 Å². The monoisotopic (exact) mass is 313 g/mol. The van der Waals surface area contributed by atoms with Crippen molar-refractivity contribution in [2.75, 3.05) is 19.6 Å². The molecule has 1 aromatic rings. The first-order valence-corrected chi connectivity index (χ1v) is 6.74. The topological polar surface area (TPSA) is 58.4 Å². The van der Waals surface area contributed by atoms with Crippen molar-refractivity contribution in [2.45, 2.75) is 19.5 Å². The molecule has 98 valence electrons. The summed E-state index contributed by atoms with van der Waals surface area (Å²) >= 11 is 3.27. The fraction of sp³-hybridized carbons (Fsp3) is 0.500. The van der Waals surface area contributed by atoms with Gasteiger partial charge in [-0.1, -0.05) is 15.9 Å². The van der Waals surface area contributed by atoms with E-state index in [0.717, 1.165) is 29.7 Å². The minimum atomic E-state index is -0.314. The van der Waals surface area contributed by atoms with E-state index in [1.54, 1.807) is 6.07 Å². The molecule has 0 unspecified atom stereocenters. The summed E-state index contributed by atoms with van der Waals surface area (Å²) in [5.74, 6) is 0. The molecule has 1 aromatic carbocycles. The second kappa shape index (κ2) is 5.77. The molecule has 5 nitrogen and oxygen atoms in total. The summed E-state index contributed by atoms with van der Waals surface area (Å²) in [7, 11) is 0. The summed E-state index contributed by atoms with van der Waals surface area (Å²) in [5, 5.41) is 14.4. The Morgan fingerprint density at radius 3 is 3.06 bits per heavy atom. The van der Waals surface area contributed by atoms with Crippen LogP contribution >= 0.6 is 15.9 Å².